The zero-order valence-corrected chi connectivity index (χ0v) is 11.3. The standard InChI is InChI=1S/C20H12O/c1-2-11-4-5-15-13-6-7-16-14(8-9-18-20(16)21-18)17(13)10-12(3-1)19(11)15/h1-10,18,20H/t18-,20+/m0/s1. The van der Waals surface area contributed by atoms with Crippen molar-refractivity contribution >= 4 is 39.8 Å². The van der Waals surface area contributed by atoms with E-state index in [0.717, 1.165) is 0 Å². The maximum absolute atomic E-state index is 5.71. The van der Waals surface area contributed by atoms with Gasteiger partial charge in [-0.15, -0.1) is 0 Å². The largest absolute Gasteiger partial charge is 0.360 e. The summed E-state index contributed by atoms with van der Waals surface area (Å²) in [5.41, 5.74) is 5.39. The molecular weight excluding hydrogens is 256 g/mol. The van der Waals surface area contributed by atoms with Gasteiger partial charge in [-0.05, 0) is 49.9 Å². The van der Waals surface area contributed by atoms with Crippen LogP contribution in [-0.2, 0) is 4.74 Å². The second-order valence-electron chi connectivity index (χ2n) is 6.11. The SMILES string of the molecule is C1=C[C@@H]2O[C@@H]2c2ccc3c4c5c(cccc5cc3c21)C=C4. The first kappa shape index (κ1) is 10.4. The van der Waals surface area contributed by atoms with E-state index in [4.69, 9.17) is 4.74 Å². The van der Waals surface area contributed by atoms with Crippen molar-refractivity contribution in [2.75, 3.05) is 0 Å². The van der Waals surface area contributed by atoms with Gasteiger partial charge in [0.05, 0.1) is 0 Å². The summed E-state index contributed by atoms with van der Waals surface area (Å²) in [6.45, 7) is 0. The fourth-order valence-electron chi connectivity index (χ4n) is 3.98. The van der Waals surface area contributed by atoms with Crippen molar-refractivity contribution < 1.29 is 4.74 Å². The van der Waals surface area contributed by atoms with Crippen LogP contribution in [0.25, 0.3) is 39.8 Å². The van der Waals surface area contributed by atoms with Crippen LogP contribution in [-0.4, -0.2) is 6.10 Å². The van der Waals surface area contributed by atoms with Gasteiger partial charge in [-0.3, -0.25) is 0 Å². The number of epoxide rings is 1. The summed E-state index contributed by atoms with van der Waals surface area (Å²) in [7, 11) is 0. The van der Waals surface area contributed by atoms with Crippen LogP contribution >= 0.6 is 0 Å². The predicted octanol–water partition coefficient (Wildman–Crippen LogP) is 4.94. The molecule has 1 nitrogen and oxygen atoms in total. The van der Waals surface area contributed by atoms with E-state index in [1.165, 1.54) is 43.8 Å². The van der Waals surface area contributed by atoms with Crippen molar-refractivity contribution in [3.05, 3.63) is 64.7 Å². The van der Waals surface area contributed by atoms with Gasteiger partial charge >= 0.3 is 0 Å². The molecule has 0 unspecified atom stereocenters. The fourth-order valence-corrected chi connectivity index (χ4v) is 3.98. The molecule has 1 heterocycles. The zero-order valence-electron chi connectivity index (χ0n) is 11.3. The average molecular weight is 268 g/mol. The Balaban J connectivity index is 1.85. The Hall–Kier alpha value is -2.38. The number of rotatable bonds is 0. The smallest absolute Gasteiger partial charge is 0.114 e. The summed E-state index contributed by atoms with van der Waals surface area (Å²) in [5, 5.41) is 5.43. The zero-order chi connectivity index (χ0) is 13.6. The highest BCUT2D eigenvalue weighted by molar-refractivity contribution is 6.16. The minimum Gasteiger partial charge on any atom is -0.360 e. The van der Waals surface area contributed by atoms with Crippen molar-refractivity contribution in [1.29, 1.82) is 0 Å². The van der Waals surface area contributed by atoms with Gasteiger partial charge in [0.25, 0.3) is 0 Å². The summed E-state index contributed by atoms with van der Waals surface area (Å²) in [6.07, 6.45) is 9.54. The second-order valence-corrected chi connectivity index (χ2v) is 6.11. The Morgan fingerprint density at radius 1 is 0.857 bits per heavy atom. The van der Waals surface area contributed by atoms with Crippen LogP contribution in [0.4, 0.5) is 0 Å². The molecule has 3 aromatic carbocycles. The van der Waals surface area contributed by atoms with E-state index in [1.54, 1.807) is 0 Å². The molecule has 0 aromatic heterocycles. The minimum atomic E-state index is 0.292. The Morgan fingerprint density at radius 3 is 2.86 bits per heavy atom. The van der Waals surface area contributed by atoms with Crippen LogP contribution in [0.15, 0.2) is 42.5 Å². The van der Waals surface area contributed by atoms with Crippen molar-refractivity contribution in [2.45, 2.75) is 12.2 Å². The third-order valence-corrected chi connectivity index (χ3v) is 5.02. The predicted molar refractivity (Wildman–Crippen MR) is 87.0 cm³/mol. The van der Waals surface area contributed by atoms with Gasteiger partial charge in [-0.2, -0.15) is 0 Å². The monoisotopic (exact) mass is 268 g/mol. The van der Waals surface area contributed by atoms with E-state index in [9.17, 15) is 0 Å². The number of benzene rings is 3. The molecule has 6 rings (SSSR count). The molecule has 2 aliphatic carbocycles. The van der Waals surface area contributed by atoms with Gasteiger partial charge in [-0.25, -0.2) is 0 Å². The Kier molecular flexibility index (Phi) is 1.61. The lowest BCUT2D eigenvalue weighted by Gasteiger charge is -2.14. The van der Waals surface area contributed by atoms with E-state index in [2.05, 4.69) is 60.7 Å². The molecule has 0 spiro atoms. The lowest BCUT2D eigenvalue weighted by atomic mass is 9.88. The van der Waals surface area contributed by atoms with Gasteiger partial charge < -0.3 is 4.74 Å². The van der Waals surface area contributed by atoms with E-state index in [1.807, 2.05) is 0 Å². The number of fused-ring (bicyclic) bond motifs is 6. The van der Waals surface area contributed by atoms with Crippen LogP contribution in [0.2, 0.25) is 0 Å². The molecule has 2 atom stereocenters. The Labute approximate surface area is 122 Å². The van der Waals surface area contributed by atoms with Crippen LogP contribution < -0.4 is 0 Å². The first-order valence-electron chi connectivity index (χ1n) is 7.44. The summed E-state index contributed by atoms with van der Waals surface area (Å²) in [4.78, 5) is 0. The third kappa shape index (κ3) is 1.17. The molecule has 1 fully saturated rings. The molecule has 98 valence electrons. The molecule has 1 aliphatic heterocycles. The van der Waals surface area contributed by atoms with Crippen LogP contribution in [0.3, 0.4) is 0 Å². The lowest BCUT2D eigenvalue weighted by Crippen LogP contribution is -1.97. The first-order valence-corrected chi connectivity index (χ1v) is 7.44. The van der Waals surface area contributed by atoms with E-state index >= 15 is 0 Å². The summed E-state index contributed by atoms with van der Waals surface area (Å²) in [5.74, 6) is 0. The molecular formula is C20H12O. The average Bonchev–Trinajstić information content (AvgIpc) is 3.20. The molecule has 0 saturated carbocycles. The van der Waals surface area contributed by atoms with Crippen molar-refractivity contribution in [3.8, 4) is 0 Å². The van der Waals surface area contributed by atoms with Gasteiger partial charge in [0.1, 0.15) is 12.2 Å². The van der Waals surface area contributed by atoms with Gasteiger partial charge in [0.2, 0.25) is 0 Å². The lowest BCUT2D eigenvalue weighted by molar-refractivity contribution is 0.395. The number of ether oxygens (including phenoxy) is 1. The van der Waals surface area contributed by atoms with Crippen molar-refractivity contribution in [2.24, 2.45) is 0 Å². The van der Waals surface area contributed by atoms with E-state index < -0.39 is 0 Å². The molecule has 0 amide bonds. The van der Waals surface area contributed by atoms with Gasteiger partial charge in [0.15, 0.2) is 0 Å². The minimum absolute atomic E-state index is 0.292. The summed E-state index contributed by atoms with van der Waals surface area (Å²) < 4.78 is 5.71. The third-order valence-electron chi connectivity index (χ3n) is 5.02. The van der Waals surface area contributed by atoms with Crippen LogP contribution in [0.5, 0.6) is 0 Å². The summed E-state index contributed by atoms with van der Waals surface area (Å²) >= 11 is 0. The topological polar surface area (TPSA) is 12.5 Å². The molecule has 3 aromatic rings. The molecule has 1 saturated heterocycles. The summed E-state index contributed by atoms with van der Waals surface area (Å²) in [6, 6.07) is 13.4. The maximum Gasteiger partial charge on any atom is 0.114 e. The quantitative estimate of drug-likeness (QED) is 0.325. The fraction of sp³-hybridized carbons (Fsp3) is 0.100. The first-order chi connectivity index (χ1) is 10.4. The number of hydrogen-bond donors (Lipinski definition) is 0. The Morgan fingerprint density at radius 2 is 1.86 bits per heavy atom. The second kappa shape index (κ2) is 3.26. The molecule has 0 bridgehead atoms. The van der Waals surface area contributed by atoms with Gasteiger partial charge in [-0.1, -0.05) is 54.6 Å². The van der Waals surface area contributed by atoms with Gasteiger partial charge in [0, 0.05) is 0 Å². The highest BCUT2D eigenvalue weighted by atomic mass is 16.6. The normalized spacial score (nSPS) is 23.6. The van der Waals surface area contributed by atoms with Crippen molar-refractivity contribution in [3.63, 3.8) is 0 Å². The van der Waals surface area contributed by atoms with Crippen LogP contribution in [0.1, 0.15) is 28.4 Å². The van der Waals surface area contributed by atoms with Crippen molar-refractivity contribution in [1.82, 2.24) is 0 Å². The molecule has 3 aliphatic rings. The van der Waals surface area contributed by atoms with E-state index in [-0.39, 0.29) is 0 Å². The molecule has 21 heavy (non-hydrogen) atoms. The molecule has 0 radical (unpaired) electrons. The number of hydrogen-bond acceptors (Lipinski definition) is 1. The van der Waals surface area contributed by atoms with Crippen LogP contribution in [0, 0.1) is 0 Å². The Bertz CT molecular complexity index is 1020. The maximum atomic E-state index is 5.71. The highest BCUT2D eigenvalue weighted by Crippen LogP contribution is 2.48. The molecule has 0 N–H and O–H groups in total. The highest BCUT2D eigenvalue weighted by Gasteiger charge is 2.41. The molecule has 1 heteroatoms. The van der Waals surface area contributed by atoms with E-state index in [0.29, 0.717) is 12.2 Å².